The van der Waals surface area contributed by atoms with Crippen LogP contribution in [0, 0.1) is 42.3 Å². The lowest BCUT2D eigenvalue weighted by molar-refractivity contribution is -0.385. The molecule has 0 saturated carbocycles. The fraction of sp³-hybridized carbons (Fsp3) is 0.357. The zero-order valence-electron chi connectivity index (χ0n) is 22.6. The predicted octanol–water partition coefficient (Wildman–Crippen LogP) is 3.80. The topological polar surface area (TPSA) is 166 Å². The molecule has 1 unspecified atom stereocenters. The highest BCUT2D eigenvalue weighted by molar-refractivity contribution is 5.98. The molecule has 1 aliphatic rings. The molecule has 12 nitrogen and oxygen atoms in total. The molecule has 2 heterocycles. The molecule has 2 aromatic carbocycles. The van der Waals surface area contributed by atoms with Crippen molar-refractivity contribution in [3.8, 4) is 6.19 Å². The second-order valence-electron chi connectivity index (χ2n) is 9.76. The van der Waals surface area contributed by atoms with Gasteiger partial charge in [0.05, 0.1) is 17.0 Å². The van der Waals surface area contributed by atoms with Crippen LogP contribution in [0.4, 0.5) is 11.4 Å². The molecule has 1 saturated heterocycles. The van der Waals surface area contributed by atoms with Crippen LogP contribution in [-0.2, 0) is 16.1 Å². The summed E-state index contributed by atoms with van der Waals surface area (Å²) in [6.45, 7) is 5.64. The Bertz CT molecular complexity index is 1520. The molecule has 12 heteroatoms. The summed E-state index contributed by atoms with van der Waals surface area (Å²) in [6, 6.07) is 9.65. The second-order valence-corrected chi connectivity index (χ2v) is 9.76. The van der Waals surface area contributed by atoms with E-state index in [-0.39, 0.29) is 30.6 Å². The van der Waals surface area contributed by atoms with E-state index in [0.29, 0.717) is 37.1 Å². The van der Waals surface area contributed by atoms with Crippen LogP contribution in [0.5, 0.6) is 0 Å². The van der Waals surface area contributed by atoms with E-state index in [2.05, 4.69) is 20.9 Å². The minimum absolute atomic E-state index is 0.0209. The number of furan rings is 1. The molecule has 1 aliphatic heterocycles. The van der Waals surface area contributed by atoms with Crippen molar-refractivity contribution in [2.75, 3.05) is 18.4 Å². The summed E-state index contributed by atoms with van der Waals surface area (Å²) < 4.78 is 5.60. The molecule has 4 rings (SSSR count). The normalized spacial score (nSPS) is 15.8. The monoisotopic (exact) mass is 545 g/mol. The van der Waals surface area contributed by atoms with Gasteiger partial charge in [0.25, 0.3) is 5.69 Å². The molecule has 3 N–H and O–H groups in total. The number of benzene rings is 2. The highest BCUT2D eigenvalue weighted by Gasteiger charge is 2.29. The van der Waals surface area contributed by atoms with Crippen molar-refractivity contribution < 1.29 is 18.9 Å². The molecule has 3 aromatic rings. The Kier molecular flexibility index (Phi) is 8.63. The maximum absolute atomic E-state index is 13.4. The number of likely N-dealkylation sites (tertiary alicyclic amines) is 1. The number of carbonyl (C=O) groups excluding carboxylic acids is 2. The number of anilines is 1. The van der Waals surface area contributed by atoms with Crippen molar-refractivity contribution in [2.24, 2.45) is 4.99 Å². The van der Waals surface area contributed by atoms with Gasteiger partial charge in [0.15, 0.2) is 6.19 Å². The van der Waals surface area contributed by atoms with Gasteiger partial charge in [-0.2, -0.15) is 5.26 Å². The Morgan fingerprint density at radius 2 is 2.02 bits per heavy atom. The molecule has 2 amide bonds. The molecule has 0 spiro atoms. The molecule has 1 atom stereocenters. The zero-order valence-corrected chi connectivity index (χ0v) is 22.6. The van der Waals surface area contributed by atoms with E-state index in [4.69, 9.17) is 4.42 Å². The van der Waals surface area contributed by atoms with Gasteiger partial charge in [0.2, 0.25) is 17.8 Å². The molecule has 40 heavy (non-hydrogen) atoms. The summed E-state index contributed by atoms with van der Waals surface area (Å²) in [5.41, 5.74) is 3.39. The number of aliphatic imine (C=N–C) groups is 1. The zero-order chi connectivity index (χ0) is 28.8. The first-order valence-corrected chi connectivity index (χ1v) is 13.0. The fourth-order valence-corrected chi connectivity index (χ4v) is 4.73. The summed E-state index contributed by atoms with van der Waals surface area (Å²) in [7, 11) is 0. The molecular weight excluding hydrogens is 514 g/mol. The lowest BCUT2D eigenvalue weighted by atomic mass is 10.0. The van der Waals surface area contributed by atoms with Gasteiger partial charge in [-0.25, -0.2) is 4.99 Å². The minimum atomic E-state index is -0.793. The number of aryl methyl sites for hydroxylation is 2. The highest BCUT2D eigenvalue weighted by Crippen LogP contribution is 2.25. The van der Waals surface area contributed by atoms with Crippen LogP contribution in [0.1, 0.15) is 41.7 Å². The molecule has 0 aliphatic carbocycles. The molecular formula is C28H31N7O5. The van der Waals surface area contributed by atoms with E-state index >= 15 is 0 Å². The van der Waals surface area contributed by atoms with Gasteiger partial charge in [-0.05, 0) is 75.4 Å². The second kappa shape index (κ2) is 12.3. The van der Waals surface area contributed by atoms with Crippen LogP contribution in [0.15, 0.2) is 45.8 Å². The first-order valence-electron chi connectivity index (χ1n) is 13.0. The Hall–Kier alpha value is -4.92. The van der Waals surface area contributed by atoms with E-state index in [1.165, 1.54) is 11.0 Å². The maximum atomic E-state index is 13.4. The fourth-order valence-electron chi connectivity index (χ4n) is 4.73. The molecule has 1 aromatic heterocycles. The van der Waals surface area contributed by atoms with Gasteiger partial charge >= 0.3 is 0 Å². The number of carbonyl (C=O) groups is 2. The lowest BCUT2D eigenvalue weighted by Crippen LogP contribution is -2.44. The van der Waals surface area contributed by atoms with Gasteiger partial charge in [-0.3, -0.25) is 25.0 Å². The number of nitrogens with zero attached hydrogens (tertiary/aromatic N) is 4. The van der Waals surface area contributed by atoms with Crippen LogP contribution in [0.2, 0.25) is 0 Å². The molecule has 1 fully saturated rings. The Labute approximate surface area is 231 Å². The van der Waals surface area contributed by atoms with Gasteiger partial charge in [-0.15, -0.1) is 0 Å². The van der Waals surface area contributed by atoms with Crippen LogP contribution >= 0.6 is 0 Å². The summed E-state index contributed by atoms with van der Waals surface area (Å²) in [5, 5.41) is 29.9. The Morgan fingerprint density at radius 3 is 2.77 bits per heavy atom. The highest BCUT2D eigenvalue weighted by atomic mass is 16.6. The van der Waals surface area contributed by atoms with Crippen LogP contribution in [-0.4, -0.2) is 46.7 Å². The van der Waals surface area contributed by atoms with Crippen LogP contribution in [0.3, 0.4) is 0 Å². The Balaban J connectivity index is 1.45. The van der Waals surface area contributed by atoms with E-state index in [9.17, 15) is 25.0 Å². The smallest absolute Gasteiger partial charge is 0.274 e. The number of fused-ring (bicyclic) bond motifs is 1. The average Bonchev–Trinajstić information content (AvgIpc) is 3.20. The van der Waals surface area contributed by atoms with Crippen molar-refractivity contribution in [3.05, 3.63) is 69.0 Å². The van der Waals surface area contributed by atoms with Crippen LogP contribution < -0.4 is 16.0 Å². The van der Waals surface area contributed by atoms with Gasteiger partial charge < -0.3 is 20.0 Å². The average molecular weight is 546 g/mol. The number of nitriles is 1. The van der Waals surface area contributed by atoms with E-state index in [1.807, 2.05) is 32.2 Å². The number of guanidine groups is 1. The predicted molar refractivity (Wildman–Crippen MR) is 149 cm³/mol. The van der Waals surface area contributed by atoms with Gasteiger partial charge in [-0.1, -0.05) is 6.07 Å². The van der Waals surface area contributed by atoms with Gasteiger partial charge in [0, 0.05) is 30.2 Å². The summed E-state index contributed by atoms with van der Waals surface area (Å²) in [6.07, 6.45) is 3.72. The number of nitrogens with one attached hydrogen (secondary N) is 3. The third kappa shape index (κ3) is 6.55. The maximum Gasteiger partial charge on any atom is 0.274 e. The number of nitro groups is 1. The summed E-state index contributed by atoms with van der Waals surface area (Å²) >= 11 is 0. The number of hydrogen-bond acceptors (Lipinski definition) is 7. The molecule has 0 radical (unpaired) electrons. The molecule has 0 bridgehead atoms. The summed E-state index contributed by atoms with van der Waals surface area (Å²) in [5.74, 6) is 0.140. The largest absolute Gasteiger partial charge is 0.461 e. The van der Waals surface area contributed by atoms with E-state index in [0.717, 1.165) is 27.9 Å². The van der Waals surface area contributed by atoms with Crippen molar-refractivity contribution >= 4 is 40.1 Å². The van der Waals surface area contributed by atoms with E-state index in [1.54, 1.807) is 25.1 Å². The number of hydrogen-bond donors (Lipinski definition) is 3. The first-order chi connectivity index (χ1) is 19.2. The Morgan fingerprint density at radius 1 is 1.23 bits per heavy atom. The first kappa shape index (κ1) is 28.1. The van der Waals surface area contributed by atoms with Crippen molar-refractivity contribution in [1.29, 1.82) is 5.26 Å². The number of rotatable bonds is 7. The van der Waals surface area contributed by atoms with Crippen LogP contribution in [0.25, 0.3) is 11.0 Å². The standard InChI is InChI=1S/C28H31N7O5/c1-17-7-9-24(35(38)39)22(19(17)3)14-30-26(36)15-34-11-5-4-6-23(27(34)37)33-28(31-16-29)32-21-8-10-25-20(13-21)12-18(2)40-25/h7-10,12-13,23H,4-6,11,14-15H2,1-3H3,(H,30,36)(H2,31,32,33). The van der Waals surface area contributed by atoms with E-state index < -0.39 is 16.9 Å². The minimum Gasteiger partial charge on any atom is -0.461 e. The summed E-state index contributed by atoms with van der Waals surface area (Å²) in [4.78, 5) is 43.1. The molecule has 208 valence electrons. The van der Waals surface area contributed by atoms with Crippen molar-refractivity contribution in [2.45, 2.75) is 52.6 Å². The van der Waals surface area contributed by atoms with Crippen molar-refractivity contribution in [1.82, 2.24) is 15.5 Å². The number of nitro benzene ring substituents is 1. The quantitative estimate of drug-likeness (QED) is 0.101. The van der Waals surface area contributed by atoms with Gasteiger partial charge in [0.1, 0.15) is 17.4 Å². The third-order valence-electron chi connectivity index (χ3n) is 6.95. The third-order valence-corrected chi connectivity index (χ3v) is 6.95. The SMILES string of the molecule is Cc1cc2cc(NC(=NC3CCCCN(CC(=O)NCc4c([N+](=O)[O-])ccc(C)c4C)C3=O)NC#N)ccc2o1. The lowest BCUT2D eigenvalue weighted by Gasteiger charge is -2.23. The number of amides is 2. The van der Waals surface area contributed by atoms with Crippen molar-refractivity contribution in [3.63, 3.8) is 0 Å².